The Balaban J connectivity index is 1.79. The third kappa shape index (κ3) is 2.49. The lowest BCUT2D eigenvalue weighted by Crippen LogP contribution is -1.94. The molecule has 0 spiro atoms. The number of hydrogen-bond acceptors (Lipinski definition) is 2. The van der Waals surface area contributed by atoms with Crippen molar-refractivity contribution in [2.45, 2.75) is 0 Å². The van der Waals surface area contributed by atoms with Gasteiger partial charge in [-0.15, -0.1) is 0 Å². The van der Waals surface area contributed by atoms with Crippen LogP contribution in [0.5, 0.6) is 5.75 Å². The third-order valence-electron chi connectivity index (χ3n) is 5.74. The number of fused-ring (bicyclic) bond motifs is 5. The summed E-state index contributed by atoms with van der Waals surface area (Å²) >= 11 is 0. The van der Waals surface area contributed by atoms with Crippen LogP contribution >= 0.6 is 0 Å². The van der Waals surface area contributed by atoms with Gasteiger partial charge < -0.3 is 9.67 Å². The molecule has 0 saturated carbocycles. The van der Waals surface area contributed by atoms with Gasteiger partial charge in [-0.2, -0.15) is 0 Å². The van der Waals surface area contributed by atoms with Gasteiger partial charge >= 0.3 is 0 Å². The van der Waals surface area contributed by atoms with E-state index in [9.17, 15) is 5.11 Å². The Morgan fingerprint density at radius 1 is 0.667 bits per heavy atom. The number of phenols is 1. The van der Waals surface area contributed by atoms with Crippen molar-refractivity contribution in [2.75, 3.05) is 0 Å². The predicted octanol–water partition coefficient (Wildman–Crippen LogP) is 6.70. The fourth-order valence-corrected chi connectivity index (χ4v) is 4.38. The molecule has 0 saturated heterocycles. The van der Waals surface area contributed by atoms with E-state index in [-0.39, 0.29) is 5.75 Å². The molecule has 4 aromatic carbocycles. The summed E-state index contributed by atoms with van der Waals surface area (Å²) in [5.74, 6) is 0.281. The number of nitrogens with zero attached hydrogens (tertiary/aromatic N) is 2. The van der Waals surface area contributed by atoms with Crippen molar-refractivity contribution in [1.29, 1.82) is 0 Å². The number of rotatable bonds is 2. The molecule has 1 N–H and O–H groups in total. The van der Waals surface area contributed by atoms with Gasteiger partial charge in [-0.3, -0.25) is 4.98 Å². The third-order valence-corrected chi connectivity index (χ3v) is 5.74. The molecule has 6 rings (SSSR count). The van der Waals surface area contributed by atoms with Gasteiger partial charge in [0.2, 0.25) is 0 Å². The zero-order chi connectivity index (χ0) is 20.1. The van der Waals surface area contributed by atoms with E-state index in [1.165, 1.54) is 10.8 Å². The van der Waals surface area contributed by atoms with Gasteiger partial charge in [-0.25, -0.2) is 0 Å². The van der Waals surface area contributed by atoms with Crippen LogP contribution in [0, 0.1) is 0 Å². The first-order chi connectivity index (χ1) is 14.8. The minimum atomic E-state index is 0.281. The summed E-state index contributed by atoms with van der Waals surface area (Å²) < 4.78 is 2.32. The van der Waals surface area contributed by atoms with Crippen LogP contribution in [0.25, 0.3) is 49.4 Å². The smallest absolute Gasteiger partial charge is 0.116 e. The van der Waals surface area contributed by atoms with Crippen LogP contribution in [0.3, 0.4) is 0 Å². The van der Waals surface area contributed by atoms with Gasteiger partial charge in [-0.05, 0) is 53.4 Å². The number of aromatic hydroxyl groups is 1. The summed E-state index contributed by atoms with van der Waals surface area (Å²) in [6, 6.07) is 30.9. The Hall–Kier alpha value is -4.11. The second-order valence-electron chi connectivity index (χ2n) is 7.51. The Bertz CT molecular complexity index is 1530. The van der Waals surface area contributed by atoms with Crippen molar-refractivity contribution in [2.24, 2.45) is 0 Å². The molecule has 6 aromatic rings. The van der Waals surface area contributed by atoms with Crippen molar-refractivity contribution in [3.8, 4) is 22.6 Å². The first kappa shape index (κ1) is 16.8. The second-order valence-corrected chi connectivity index (χ2v) is 7.51. The van der Waals surface area contributed by atoms with Gasteiger partial charge in [0.15, 0.2) is 0 Å². The van der Waals surface area contributed by atoms with E-state index >= 15 is 0 Å². The molecule has 3 nitrogen and oxygen atoms in total. The van der Waals surface area contributed by atoms with Crippen LogP contribution in [0.2, 0.25) is 0 Å². The summed E-state index contributed by atoms with van der Waals surface area (Å²) in [6.45, 7) is 0. The molecular weight excluding hydrogens is 368 g/mol. The van der Waals surface area contributed by atoms with E-state index in [0.29, 0.717) is 0 Å². The second kappa shape index (κ2) is 6.46. The highest BCUT2D eigenvalue weighted by molar-refractivity contribution is 6.19. The number of benzene rings is 4. The van der Waals surface area contributed by atoms with Gasteiger partial charge in [0.25, 0.3) is 0 Å². The zero-order valence-electron chi connectivity index (χ0n) is 16.2. The summed E-state index contributed by atoms with van der Waals surface area (Å²) in [7, 11) is 0. The molecule has 2 heterocycles. The van der Waals surface area contributed by atoms with E-state index in [2.05, 4.69) is 70.2 Å². The molecule has 0 radical (unpaired) electrons. The van der Waals surface area contributed by atoms with Crippen LogP contribution in [0.1, 0.15) is 0 Å². The molecular formula is C27H18N2O. The van der Waals surface area contributed by atoms with E-state index in [1.54, 1.807) is 12.3 Å². The van der Waals surface area contributed by atoms with Crippen LogP contribution in [-0.4, -0.2) is 14.7 Å². The van der Waals surface area contributed by atoms with Crippen LogP contribution < -0.4 is 0 Å². The first-order valence-electron chi connectivity index (χ1n) is 9.95. The minimum Gasteiger partial charge on any atom is -0.508 e. The maximum atomic E-state index is 9.98. The highest BCUT2D eigenvalue weighted by Crippen LogP contribution is 2.38. The van der Waals surface area contributed by atoms with Gasteiger partial charge in [0.1, 0.15) is 5.75 Å². The number of para-hydroxylation sites is 1. The molecule has 0 unspecified atom stereocenters. The molecule has 0 aliphatic heterocycles. The number of aromatic nitrogens is 2. The fourth-order valence-electron chi connectivity index (χ4n) is 4.38. The average molecular weight is 386 g/mol. The summed E-state index contributed by atoms with van der Waals surface area (Å²) in [5, 5.41) is 14.5. The maximum Gasteiger partial charge on any atom is 0.116 e. The molecule has 0 fully saturated rings. The normalized spacial score (nSPS) is 11.5. The van der Waals surface area contributed by atoms with Crippen molar-refractivity contribution in [1.82, 2.24) is 9.55 Å². The highest BCUT2D eigenvalue weighted by Gasteiger charge is 2.16. The molecule has 0 atom stereocenters. The lowest BCUT2D eigenvalue weighted by atomic mass is 10.0. The zero-order valence-corrected chi connectivity index (χ0v) is 16.2. The lowest BCUT2D eigenvalue weighted by Gasteiger charge is -2.10. The van der Waals surface area contributed by atoms with Crippen molar-refractivity contribution < 1.29 is 5.11 Å². The molecule has 30 heavy (non-hydrogen) atoms. The molecule has 142 valence electrons. The van der Waals surface area contributed by atoms with Gasteiger partial charge in [-0.1, -0.05) is 48.5 Å². The van der Waals surface area contributed by atoms with E-state index in [1.807, 2.05) is 30.5 Å². The molecule has 0 amide bonds. The Morgan fingerprint density at radius 3 is 2.33 bits per heavy atom. The summed E-state index contributed by atoms with van der Waals surface area (Å²) in [5.41, 5.74) is 5.65. The van der Waals surface area contributed by atoms with Crippen LogP contribution in [-0.2, 0) is 0 Å². The molecule has 0 bridgehead atoms. The fraction of sp³-hybridized carbons (Fsp3) is 0. The monoisotopic (exact) mass is 386 g/mol. The minimum absolute atomic E-state index is 0.281. The van der Waals surface area contributed by atoms with Crippen molar-refractivity contribution in [3.63, 3.8) is 0 Å². The quantitative estimate of drug-likeness (QED) is 0.359. The number of phenolic OH excluding ortho intramolecular Hbond substituents is 1. The first-order valence-corrected chi connectivity index (χ1v) is 9.95. The van der Waals surface area contributed by atoms with E-state index in [0.717, 1.165) is 38.6 Å². The standard InChI is InChI=1S/C27H18N2O/c30-22-10-13-23-19(15-22)9-12-25-24-11-8-18(20-5-4-14-28-17-20)16-26(24)29(27(23)25)21-6-2-1-3-7-21/h1-17,30H. The topological polar surface area (TPSA) is 38.1 Å². The van der Waals surface area contributed by atoms with E-state index in [4.69, 9.17) is 0 Å². The predicted molar refractivity (Wildman–Crippen MR) is 123 cm³/mol. The molecule has 0 aliphatic carbocycles. The average Bonchev–Trinajstić information content (AvgIpc) is 3.14. The maximum absolute atomic E-state index is 9.98. The highest BCUT2D eigenvalue weighted by atomic mass is 16.3. The molecule has 0 aliphatic rings. The lowest BCUT2D eigenvalue weighted by molar-refractivity contribution is 0.476. The van der Waals surface area contributed by atoms with Crippen molar-refractivity contribution in [3.05, 3.63) is 103 Å². The Kier molecular flexibility index (Phi) is 3.62. The van der Waals surface area contributed by atoms with Gasteiger partial charge in [0.05, 0.1) is 11.0 Å². The van der Waals surface area contributed by atoms with Crippen LogP contribution in [0.4, 0.5) is 0 Å². The number of pyridine rings is 1. The SMILES string of the molecule is Oc1ccc2c(ccc3c4ccc(-c5cccnc5)cc4n(-c4ccccc4)c23)c1. The van der Waals surface area contributed by atoms with E-state index < -0.39 is 0 Å². The number of hydrogen-bond donors (Lipinski definition) is 1. The summed E-state index contributed by atoms with van der Waals surface area (Å²) in [6.07, 6.45) is 3.69. The Labute approximate surface area is 173 Å². The van der Waals surface area contributed by atoms with Crippen LogP contribution in [0.15, 0.2) is 103 Å². The largest absolute Gasteiger partial charge is 0.508 e. The van der Waals surface area contributed by atoms with Gasteiger partial charge in [0, 0.05) is 39.8 Å². The Morgan fingerprint density at radius 2 is 1.50 bits per heavy atom. The van der Waals surface area contributed by atoms with Crippen molar-refractivity contribution >= 4 is 32.6 Å². The molecule has 3 heteroatoms. The molecule has 2 aromatic heterocycles. The summed E-state index contributed by atoms with van der Waals surface area (Å²) in [4.78, 5) is 4.28.